The Bertz CT molecular complexity index is 479. The van der Waals surface area contributed by atoms with Crippen molar-refractivity contribution in [3.05, 3.63) is 29.8 Å². The van der Waals surface area contributed by atoms with Gasteiger partial charge in [0.1, 0.15) is 5.75 Å². The fourth-order valence-electron chi connectivity index (χ4n) is 2.06. The summed E-state index contributed by atoms with van der Waals surface area (Å²) in [5, 5.41) is 2.66. The number of nitrogens with one attached hydrogen (secondary N) is 1. The third-order valence-corrected chi connectivity index (χ3v) is 3.22. The maximum absolute atomic E-state index is 13.1. The molecular formula is C13H14F3NO3. The number of carbonyl (C=O) groups is 1. The van der Waals surface area contributed by atoms with E-state index in [4.69, 9.17) is 4.74 Å². The third-order valence-electron chi connectivity index (χ3n) is 3.22. The van der Waals surface area contributed by atoms with Gasteiger partial charge in [-0.3, -0.25) is 0 Å². The van der Waals surface area contributed by atoms with E-state index in [2.05, 4.69) is 10.1 Å². The van der Waals surface area contributed by atoms with Crippen molar-refractivity contribution in [2.45, 2.75) is 18.2 Å². The average molecular weight is 289 g/mol. The second-order valence-corrected chi connectivity index (χ2v) is 4.54. The van der Waals surface area contributed by atoms with Crippen molar-refractivity contribution in [2.24, 2.45) is 0 Å². The number of esters is 1. The molecule has 1 aromatic carbocycles. The van der Waals surface area contributed by atoms with Crippen molar-refractivity contribution in [2.75, 3.05) is 20.2 Å². The number of rotatable bonds is 3. The van der Waals surface area contributed by atoms with Crippen LogP contribution >= 0.6 is 0 Å². The molecule has 110 valence electrons. The van der Waals surface area contributed by atoms with Gasteiger partial charge in [-0.25, -0.2) is 4.79 Å². The highest BCUT2D eigenvalue weighted by atomic mass is 19.4. The molecule has 0 aromatic heterocycles. The van der Waals surface area contributed by atoms with Crippen molar-refractivity contribution in [1.29, 1.82) is 0 Å². The molecule has 1 unspecified atom stereocenters. The fourth-order valence-corrected chi connectivity index (χ4v) is 2.06. The Morgan fingerprint density at radius 3 is 2.40 bits per heavy atom. The molecule has 1 saturated heterocycles. The second kappa shape index (κ2) is 5.32. The average Bonchev–Trinajstić information content (AvgIpc) is 2.88. The number of benzene rings is 1. The number of hydrogen-bond acceptors (Lipinski definition) is 4. The SMILES string of the molecule is COC(=O)c1ccc(OC2(C(F)(F)F)CCNC2)cc1. The molecule has 0 radical (unpaired) electrons. The summed E-state index contributed by atoms with van der Waals surface area (Å²) in [6.45, 7) is -0.0327. The third kappa shape index (κ3) is 2.72. The maximum Gasteiger partial charge on any atom is 0.429 e. The number of alkyl halides is 3. The quantitative estimate of drug-likeness (QED) is 0.866. The van der Waals surface area contributed by atoms with Gasteiger partial charge in [-0.15, -0.1) is 0 Å². The Balaban J connectivity index is 2.18. The highest BCUT2D eigenvalue weighted by Gasteiger charge is 2.58. The van der Waals surface area contributed by atoms with E-state index in [1.165, 1.54) is 31.4 Å². The maximum atomic E-state index is 13.1. The summed E-state index contributed by atoms with van der Waals surface area (Å²) in [6, 6.07) is 5.40. The van der Waals surface area contributed by atoms with E-state index in [0.29, 0.717) is 0 Å². The van der Waals surface area contributed by atoms with Gasteiger partial charge in [0.05, 0.1) is 12.7 Å². The molecule has 0 spiro atoms. The van der Waals surface area contributed by atoms with Crippen LogP contribution in [0.4, 0.5) is 13.2 Å². The number of carbonyl (C=O) groups excluding carboxylic acids is 1. The molecule has 4 nitrogen and oxygen atoms in total. The highest BCUT2D eigenvalue weighted by molar-refractivity contribution is 5.89. The lowest BCUT2D eigenvalue weighted by atomic mass is 10.0. The molecule has 7 heteroatoms. The van der Waals surface area contributed by atoms with E-state index in [9.17, 15) is 18.0 Å². The molecule has 2 rings (SSSR count). The first-order chi connectivity index (χ1) is 9.38. The van der Waals surface area contributed by atoms with Gasteiger partial charge in [0.25, 0.3) is 0 Å². The van der Waals surface area contributed by atoms with Crippen molar-refractivity contribution >= 4 is 5.97 Å². The monoisotopic (exact) mass is 289 g/mol. The molecule has 1 heterocycles. The minimum Gasteiger partial charge on any atom is -0.476 e. The van der Waals surface area contributed by atoms with E-state index >= 15 is 0 Å². The minimum absolute atomic E-state index is 0.0682. The molecule has 0 aliphatic carbocycles. The normalized spacial score (nSPS) is 22.6. The summed E-state index contributed by atoms with van der Waals surface area (Å²) in [7, 11) is 1.23. The summed E-state index contributed by atoms with van der Waals surface area (Å²) in [5.41, 5.74) is -1.95. The van der Waals surface area contributed by atoms with Gasteiger partial charge in [-0.1, -0.05) is 0 Å². The van der Waals surface area contributed by atoms with Crippen molar-refractivity contribution in [1.82, 2.24) is 5.32 Å². The van der Waals surface area contributed by atoms with Crippen LogP contribution in [0.5, 0.6) is 5.75 Å². The second-order valence-electron chi connectivity index (χ2n) is 4.54. The van der Waals surface area contributed by atoms with E-state index in [0.717, 1.165) is 0 Å². The van der Waals surface area contributed by atoms with Crippen LogP contribution in [0.2, 0.25) is 0 Å². The van der Waals surface area contributed by atoms with Gasteiger partial charge in [-0.05, 0) is 30.8 Å². The van der Waals surface area contributed by atoms with E-state index in [-0.39, 0.29) is 30.8 Å². The van der Waals surface area contributed by atoms with E-state index < -0.39 is 17.7 Å². The lowest BCUT2D eigenvalue weighted by Crippen LogP contribution is -2.52. The molecule has 1 atom stereocenters. The van der Waals surface area contributed by atoms with Crippen LogP contribution in [0.25, 0.3) is 0 Å². The zero-order chi connectivity index (χ0) is 14.8. The van der Waals surface area contributed by atoms with Crippen molar-refractivity contribution < 1.29 is 27.4 Å². The van der Waals surface area contributed by atoms with Gasteiger partial charge in [0, 0.05) is 13.0 Å². The molecule has 0 saturated carbocycles. The standard InChI is InChI=1S/C13H14F3NO3/c1-19-11(18)9-2-4-10(5-3-9)20-12(13(14,15)16)6-7-17-8-12/h2-5,17H,6-8H2,1H3. The zero-order valence-corrected chi connectivity index (χ0v) is 10.8. The molecule has 20 heavy (non-hydrogen) atoms. The summed E-state index contributed by atoms with van der Waals surface area (Å²) in [5.74, 6) is -0.483. The Labute approximate surface area is 113 Å². The van der Waals surface area contributed by atoms with Crippen LogP contribution in [-0.4, -0.2) is 37.9 Å². The van der Waals surface area contributed by atoms with Crippen LogP contribution < -0.4 is 10.1 Å². The Hall–Kier alpha value is -1.76. The lowest BCUT2D eigenvalue weighted by Gasteiger charge is -2.31. The number of halogens is 3. The van der Waals surface area contributed by atoms with Crippen LogP contribution in [0, 0.1) is 0 Å². The smallest absolute Gasteiger partial charge is 0.429 e. The van der Waals surface area contributed by atoms with E-state index in [1.807, 2.05) is 0 Å². The van der Waals surface area contributed by atoms with Crippen LogP contribution in [0.3, 0.4) is 0 Å². The zero-order valence-electron chi connectivity index (χ0n) is 10.8. The van der Waals surface area contributed by atoms with Crippen LogP contribution in [0.1, 0.15) is 16.8 Å². The first-order valence-electron chi connectivity index (χ1n) is 6.03. The van der Waals surface area contributed by atoms with Gasteiger partial charge >= 0.3 is 12.1 Å². The van der Waals surface area contributed by atoms with Crippen molar-refractivity contribution in [3.63, 3.8) is 0 Å². The van der Waals surface area contributed by atoms with Gasteiger partial charge in [-0.2, -0.15) is 13.2 Å². The highest BCUT2D eigenvalue weighted by Crippen LogP contribution is 2.39. The van der Waals surface area contributed by atoms with E-state index in [1.54, 1.807) is 0 Å². The van der Waals surface area contributed by atoms with Crippen molar-refractivity contribution in [3.8, 4) is 5.75 Å². The van der Waals surface area contributed by atoms with Gasteiger partial charge < -0.3 is 14.8 Å². The minimum atomic E-state index is -4.46. The summed E-state index contributed by atoms with van der Waals surface area (Å²) in [6.07, 6.45) is -4.60. The molecule has 1 aromatic rings. The predicted octanol–water partition coefficient (Wildman–Crippen LogP) is 2.15. The molecule has 1 fully saturated rings. The van der Waals surface area contributed by atoms with Crippen LogP contribution in [0.15, 0.2) is 24.3 Å². The first-order valence-corrected chi connectivity index (χ1v) is 6.03. The predicted molar refractivity (Wildman–Crippen MR) is 64.7 cm³/mol. The first kappa shape index (κ1) is 14.6. The molecule has 1 N–H and O–H groups in total. The molecule has 0 amide bonds. The van der Waals surface area contributed by atoms with Gasteiger partial charge in [0.2, 0.25) is 5.60 Å². The number of hydrogen-bond donors (Lipinski definition) is 1. The van der Waals surface area contributed by atoms with Gasteiger partial charge in [0.15, 0.2) is 0 Å². The lowest BCUT2D eigenvalue weighted by molar-refractivity contribution is -0.240. The van der Waals surface area contributed by atoms with Crippen LogP contribution in [-0.2, 0) is 4.74 Å². The Kier molecular flexibility index (Phi) is 3.89. The number of ether oxygens (including phenoxy) is 2. The number of methoxy groups -OCH3 is 1. The molecule has 0 bridgehead atoms. The molecular weight excluding hydrogens is 275 g/mol. The summed E-state index contributed by atoms with van der Waals surface area (Å²) < 4.78 is 49.0. The molecule has 1 aliphatic rings. The summed E-state index contributed by atoms with van der Waals surface area (Å²) >= 11 is 0. The Morgan fingerprint density at radius 1 is 1.30 bits per heavy atom. The fraction of sp³-hybridized carbons (Fsp3) is 0.462. The molecule has 1 aliphatic heterocycles. The Morgan fingerprint density at radius 2 is 1.95 bits per heavy atom. The topological polar surface area (TPSA) is 47.6 Å². The summed E-state index contributed by atoms with van der Waals surface area (Å²) in [4.78, 5) is 11.2. The largest absolute Gasteiger partial charge is 0.476 e.